The molecule has 1 atom stereocenters. The number of benzene rings is 1. The van der Waals surface area contributed by atoms with Gasteiger partial charge in [0.15, 0.2) is 6.61 Å². The Bertz CT molecular complexity index is 419. The van der Waals surface area contributed by atoms with Gasteiger partial charge in [-0.1, -0.05) is 11.6 Å². The number of ether oxygens (including phenoxy) is 2. The average Bonchev–Trinajstić information content (AvgIpc) is 2.37. The monoisotopic (exact) mass is 271 g/mol. The van der Waals surface area contributed by atoms with Crippen molar-refractivity contribution in [2.24, 2.45) is 0 Å². The molecule has 0 aromatic heterocycles. The first-order valence-electron chi connectivity index (χ1n) is 5.28. The van der Waals surface area contributed by atoms with Crippen LogP contribution in [0.4, 0.5) is 0 Å². The number of methoxy groups -OCH3 is 1. The first kappa shape index (κ1) is 14.3. The van der Waals surface area contributed by atoms with E-state index in [4.69, 9.17) is 16.3 Å². The lowest BCUT2D eigenvalue weighted by atomic mass is 10.3. The molecule has 1 aromatic rings. The predicted octanol–water partition coefficient (Wildman–Crippen LogP) is 1.40. The fourth-order valence-electron chi connectivity index (χ4n) is 1.20. The molecule has 98 valence electrons. The lowest BCUT2D eigenvalue weighted by Gasteiger charge is -2.12. The molecule has 1 N–H and O–H groups in total. The molecule has 6 heteroatoms. The second-order valence-corrected chi connectivity index (χ2v) is 3.99. The van der Waals surface area contributed by atoms with Crippen molar-refractivity contribution >= 4 is 23.5 Å². The minimum atomic E-state index is -0.698. The van der Waals surface area contributed by atoms with Crippen LogP contribution in [0, 0.1) is 0 Å². The van der Waals surface area contributed by atoms with E-state index in [0.29, 0.717) is 10.8 Å². The Balaban J connectivity index is 2.37. The molecule has 0 spiro atoms. The zero-order valence-electron chi connectivity index (χ0n) is 10.1. The molecule has 1 rings (SSSR count). The summed E-state index contributed by atoms with van der Waals surface area (Å²) in [6, 6.07) is 5.92. The van der Waals surface area contributed by atoms with E-state index in [2.05, 4.69) is 10.1 Å². The lowest BCUT2D eigenvalue weighted by molar-refractivity contribution is -0.144. The minimum absolute atomic E-state index is 0.178. The Kier molecular flexibility index (Phi) is 5.45. The highest BCUT2D eigenvalue weighted by atomic mass is 35.5. The molecule has 0 aliphatic heterocycles. The van der Waals surface area contributed by atoms with E-state index in [1.165, 1.54) is 14.0 Å². The standard InChI is InChI=1S/C12H14ClNO4/c1-8(12(16)17-2)14-11(15)7-18-10-5-3-9(13)4-6-10/h3-6,8H,7H2,1-2H3,(H,14,15)/t8-/m1/s1. The van der Waals surface area contributed by atoms with E-state index in [-0.39, 0.29) is 6.61 Å². The number of hydrogen-bond acceptors (Lipinski definition) is 4. The van der Waals surface area contributed by atoms with Crippen LogP contribution in [0.5, 0.6) is 5.75 Å². The van der Waals surface area contributed by atoms with E-state index < -0.39 is 17.9 Å². The quantitative estimate of drug-likeness (QED) is 0.822. The molecule has 0 bridgehead atoms. The predicted molar refractivity (Wildman–Crippen MR) is 66.6 cm³/mol. The molecular formula is C12H14ClNO4. The number of hydrogen-bond donors (Lipinski definition) is 1. The fraction of sp³-hybridized carbons (Fsp3) is 0.333. The van der Waals surface area contributed by atoms with E-state index >= 15 is 0 Å². The van der Waals surface area contributed by atoms with Crippen LogP contribution in [-0.2, 0) is 14.3 Å². The van der Waals surface area contributed by atoms with Crippen LogP contribution in [0.25, 0.3) is 0 Å². The van der Waals surface area contributed by atoms with Crippen molar-refractivity contribution in [2.75, 3.05) is 13.7 Å². The van der Waals surface area contributed by atoms with Gasteiger partial charge in [-0.15, -0.1) is 0 Å². The van der Waals surface area contributed by atoms with Gasteiger partial charge in [-0.2, -0.15) is 0 Å². The molecule has 1 aromatic carbocycles. The van der Waals surface area contributed by atoms with Crippen molar-refractivity contribution in [1.82, 2.24) is 5.32 Å². The molecule has 18 heavy (non-hydrogen) atoms. The summed E-state index contributed by atoms with van der Waals surface area (Å²) in [5, 5.41) is 3.04. The van der Waals surface area contributed by atoms with Crippen LogP contribution in [0.3, 0.4) is 0 Å². The number of halogens is 1. The summed E-state index contributed by atoms with van der Waals surface area (Å²) in [5.41, 5.74) is 0. The largest absolute Gasteiger partial charge is 0.484 e. The second-order valence-electron chi connectivity index (χ2n) is 3.55. The van der Waals surface area contributed by atoms with Crippen LogP contribution < -0.4 is 10.1 Å². The Morgan fingerprint density at radius 2 is 1.94 bits per heavy atom. The van der Waals surface area contributed by atoms with Crippen molar-refractivity contribution in [2.45, 2.75) is 13.0 Å². The van der Waals surface area contributed by atoms with Gasteiger partial charge in [0.25, 0.3) is 5.91 Å². The molecule has 0 heterocycles. The van der Waals surface area contributed by atoms with Crippen molar-refractivity contribution in [1.29, 1.82) is 0 Å². The number of nitrogens with one attached hydrogen (secondary N) is 1. The van der Waals surface area contributed by atoms with Crippen molar-refractivity contribution in [3.63, 3.8) is 0 Å². The SMILES string of the molecule is COC(=O)[C@@H](C)NC(=O)COc1ccc(Cl)cc1. The highest BCUT2D eigenvalue weighted by Gasteiger charge is 2.15. The Morgan fingerprint density at radius 3 is 2.50 bits per heavy atom. The zero-order valence-corrected chi connectivity index (χ0v) is 10.9. The molecule has 0 unspecified atom stereocenters. The van der Waals surface area contributed by atoms with Gasteiger partial charge in [0.2, 0.25) is 0 Å². The highest BCUT2D eigenvalue weighted by Crippen LogP contribution is 2.15. The van der Waals surface area contributed by atoms with Crippen LogP contribution in [-0.4, -0.2) is 31.6 Å². The summed E-state index contributed by atoms with van der Waals surface area (Å²) >= 11 is 5.71. The molecular weight excluding hydrogens is 258 g/mol. The summed E-state index contributed by atoms with van der Waals surface area (Å²) in [6.45, 7) is 1.36. The number of esters is 1. The number of rotatable bonds is 5. The molecule has 0 saturated heterocycles. The Morgan fingerprint density at radius 1 is 1.33 bits per heavy atom. The molecule has 0 radical (unpaired) electrons. The van der Waals surface area contributed by atoms with Gasteiger partial charge in [0, 0.05) is 5.02 Å². The van der Waals surface area contributed by atoms with Gasteiger partial charge in [-0.05, 0) is 31.2 Å². The third kappa shape index (κ3) is 4.63. The third-order valence-corrected chi connectivity index (χ3v) is 2.37. The maximum atomic E-state index is 11.4. The number of carbonyl (C=O) groups excluding carboxylic acids is 2. The molecule has 5 nitrogen and oxygen atoms in total. The highest BCUT2D eigenvalue weighted by molar-refractivity contribution is 6.30. The first-order valence-corrected chi connectivity index (χ1v) is 5.66. The lowest BCUT2D eigenvalue weighted by Crippen LogP contribution is -2.41. The Labute approximate surface area is 110 Å². The smallest absolute Gasteiger partial charge is 0.328 e. The summed E-state index contributed by atoms with van der Waals surface area (Å²) in [7, 11) is 1.26. The molecule has 0 aliphatic rings. The molecule has 0 fully saturated rings. The Hall–Kier alpha value is -1.75. The van der Waals surface area contributed by atoms with Gasteiger partial charge >= 0.3 is 5.97 Å². The second kappa shape index (κ2) is 6.86. The van der Waals surface area contributed by atoms with Crippen LogP contribution in [0.2, 0.25) is 5.02 Å². The van der Waals surface area contributed by atoms with Crippen molar-refractivity contribution < 1.29 is 19.1 Å². The summed E-state index contributed by atoms with van der Waals surface area (Å²) in [5.74, 6) is -0.377. The van der Waals surface area contributed by atoms with E-state index in [1.54, 1.807) is 24.3 Å². The normalized spacial score (nSPS) is 11.5. The fourth-order valence-corrected chi connectivity index (χ4v) is 1.32. The summed E-state index contributed by atoms with van der Waals surface area (Å²) in [6.07, 6.45) is 0. The summed E-state index contributed by atoms with van der Waals surface area (Å²) in [4.78, 5) is 22.5. The summed E-state index contributed by atoms with van der Waals surface area (Å²) < 4.78 is 9.69. The minimum Gasteiger partial charge on any atom is -0.484 e. The van der Waals surface area contributed by atoms with E-state index in [1.807, 2.05) is 0 Å². The van der Waals surface area contributed by atoms with Gasteiger partial charge in [0.05, 0.1) is 7.11 Å². The molecule has 0 aliphatic carbocycles. The van der Waals surface area contributed by atoms with Gasteiger partial charge in [-0.25, -0.2) is 4.79 Å². The van der Waals surface area contributed by atoms with E-state index in [0.717, 1.165) is 0 Å². The van der Waals surface area contributed by atoms with Crippen molar-refractivity contribution in [3.8, 4) is 5.75 Å². The number of amides is 1. The van der Waals surface area contributed by atoms with E-state index in [9.17, 15) is 9.59 Å². The van der Waals surface area contributed by atoms with Crippen LogP contribution in [0.1, 0.15) is 6.92 Å². The van der Waals surface area contributed by atoms with Crippen LogP contribution in [0.15, 0.2) is 24.3 Å². The maximum absolute atomic E-state index is 11.4. The molecule has 1 amide bonds. The van der Waals surface area contributed by atoms with Gasteiger partial charge in [-0.3, -0.25) is 4.79 Å². The van der Waals surface area contributed by atoms with Gasteiger partial charge in [0.1, 0.15) is 11.8 Å². The molecule has 0 saturated carbocycles. The van der Waals surface area contributed by atoms with Crippen LogP contribution >= 0.6 is 11.6 Å². The average molecular weight is 272 g/mol. The number of carbonyl (C=O) groups is 2. The maximum Gasteiger partial charge on any atom is 0.328 e. The third-order valence-electron chi connectivity index (χ3n) is 2.12. The zero-order chi connectivity index (χ0) is 13.5. The van der Waals surface area contributed by atoms with Gasteiger partial charge < -0.3 is 14.8 Å². The first-order chi connectivity index (χ1) is 8.52. The topological polar surface area (TPSA) is 64.6 Å². The van der Waals surface area contributed by atoms with Crippen molar-refractivity contribution in [3.05, 3.63) is 29.3 Å².